The zero-order valence-corrected chi connectivity index (χ0v) is 8.66. The van der Waals surface area contributed by atoms with E-state index in [1.54, 1.807) is 0 Å². The summed E-state index contributed by atoms with van der Waals surface area (Å²) in [5.41, 5.74) is 0. The molecule has 0 atom stereocenters. The van der Waals surface area contributed by atoms with Gasteiger partial charge in [-0.05, 0) is 18.2 Å². The Kier molecular flexibility index (Phi) is 3.74. The highest BCUT2D eigenvalue weighted by Gasteiger charge is 2.15. The summed E-state index contributed by atoms with van der Waals surface area (Å²) in [6.45, 7) is 0. The molecule has 80 valence electrons. The summed E-state index contributed by atoms with van der Waals surface area (Å²) in [5, 5.41) is 29.5. The molecule has 1 aromatic carbocycles. The van der Waals surface area contributed by atoms with Crippen molar-refractivity contribution in [1.82, 2.24) is 0 Å². The third-order valence-corrected chi connectivity index (χ3v) is 2.57. The van der Waals surface area contributed by atoms with Gasteiger partial charge in [0.25, 0.3) is 23.9 Å². The van der Waals surface area contributed by atoms with Crippen LogP contribution in [0.2, 0.25) is 0 Å². The van der Waals surface area contributed by atoms with Crippen molar-refractivity contribution in [3.63, 3.8) is 0 Å². The lowest BCUT2D eigenvalue weighted by Gasteiger charge is -1.98. The lowest BCUT2D eigenvalue weighted by molar-refractivity contribution is -0.284. The second-order valence-electron chi connectivity index (χ2n) is 2.26. The van der Waals surface area contributed by atoms with E-state index < -0.39 is 8.66 Å². The van der Waals surface area contributed by atoms with E-state index >= 15 is 0 Å². The zero-order chi connectivity index (χ0) is 11.4. The molecule has 0 spiro atoms. The van der Waals surface area contributed by atoms with Gasteiger partial charge in [0.05, 0.1) is 4.90 Å². The number of hydrogen-bond acceptors (Lipinski definition) is 7. The second-order valence-corrected chi connectivity index (χ2v) is 4.13. The number of rotatable bonds is 4. The zero-order valence-electron chi connectivity index (χ0n) is 7.02. The highest BCUT2D eigenvalue weighted by molar-refractivity contribution is 7.94. The van der Waals surface area contributed by atoms with E-state index in [4.69, 9.17) is 0 Å². The van der Waals surface area contributed by atoms with Crippen molar-refractivity contribution in [2.75, 3.05) is 0 Å². The summed E-state index contributed by atoms with van der Waals surface area (Å²) >= 11 is 0.526. The molecule has 9 heteroatoms. The first kappa shape index (κ1) is 11.6. The van der Waals surface area contributed by atoms with Gasteiger partial charge in [-0.2, -0.15) is 0 Å². The van der Waals surface area contributed by atoms with E-state index in [1.165, 1.54) is 18.2 Å². The maximum absolute atomic E-state index is 10.2. The van der Waals surface area contributed by atoms with Gasteiger partial charge in [-0.3, -0.25) is 20.2 Å². The Balaban J connectivity index is 2.94. The molecule has 1 N–H and O–H groups in total. The van der Waals surface area contributed by atoms with E-state index in [9.17, 15) is 25.3 Å². The minimum atomic E-state index is -0.699. The number of nitro groups is 2. The monoisotopic (exact) mass is 248 g/mol. The number of phenolic OH excluding ortho intramolecular Hbond substituents is 1. The SMILES string of the molecule is O=[N+]([O-])Sc1ccc(O)c(S[N+](=O)[O-])c1. The molecule has 0 aliphatic rings. The lowest BCUT2D eigenvalue weighted by atomic mass is 10.3. The molecule has 0 aliphatic carbocycles. The Morgan fingerprint density at radius 2 is 1.73 bits per heavy atom. The molecule has 1 aromatic rings. The summed E-state index contributed by atoms with van der Waals surface area (Å²) in [6.07, 6.45) is 0. The van der Waals surface area contributed by atoms with Crippen LogP contribution in [0.3, 0.4) is 0 Å². The van der Waals surface area contributed by atoms with Crippen molar-refractivity contribution in [3.05, 3.63) is 38.4 Å². The standard InChI is InChI=1S/C6H4N2O5S2/c9-5-2-1-4(14-7(10)11)3-6(5)15-8(12)13/h1-3,9H. The number of benzene rings is 1. The fourth-order valence-corrected chi connectivity index (χ4v) is 1.84. The van der Waals surface area contributed by atoms with E-state index in [0.29, 0.717) is 11.9 Å². The first-order valence-electron chi connectivity index (χ1n) is 3.47. The molecule has 0 aromatic heterocycles. The third-order valence-electron chi connectivity index (χ3n) is 1.28. The summed E-state index contributed by atoms with van der Waals surface area (Å²) in [5.74, 6) is -0.274. The van der Waals surface area contributed by atoms with Crippen LogP contribution in [0.25, 0.3) is 0 Å². The van der Waals surface area contributed by atoms with Crippen molar-refractivity contribution in [2.45, 2.75) is 9.79 Å². The first-order valence-corrected chi connectivity index (χ1v) is 5.01. The van der Waals surface area contributed by atoms with Crippen LogP contribution in [-0.4, -0.2) is 13.8 Å². The maximum atomic E-state index is 10.2. The fraction of sp³-hybridized carbons (Fsp3) is 0. The van der Waals surface area contributed by atoms with Crippen molar-refractivity contribution in [2.24, 2.45) is 0 Å². The van der Waals surface area contributed by atoms with Gasteiger partial charge >= 0.3 is 0 Å². The Hall–Kier alpha value is -1.48. The predicted molar refractivity (Wildman–Crippen MR) is 53.8 cm³/mol. The first-order chi connectivity index (χ1) is 6.99. The fourth-order valence-electron chi connectivity index (χ4n) is 0.791. The van der Waals surface area contributed by atoms with Gasteiger partial charge in [0.15, 0.2) is 0 Å². The molecule has 15 heavy (non-hydrogen) atoms. The Morgan fingerprint density at radius 3 is 2.27 bits per heavy atom. The largest absolute Gasteiger partial charge is 0.507 e. The summed E-state index contributed by atoms with van der Waals surface area (Å²) in [4.78, 5) is 20.5. The molecule has 0 saturated heterocycles. The molecule has 7 nitrogen and oxygen atoms in total. The van der Waals surface area contributed by atoms with Gasteiger partial charge in [-0.1, -0.05) is 0 Å². The topological polar surface area (TPSA) is 107 Å². The molecule has 0 amide bonds. The van der Waals surface area contributed by atoms with Crippen molar-refractivity contribution in [1.29, 1.82) is 0 Å². The molecule has 0 fully saturated rings. The summed E-state index contributed by atoms with van der Waals surface area (Å²) in [7, 11) is 0. The van der Waals surface area contributed by atoms with Gasteiger partial charge in [0, 0.05) is 0 Å². The minimum absolute atomic E-state index is 0.0214. The molecule has 0 saturated carbocycles. The predicted octanol–water partition coefficient (Wildman–Crippen LogP) is 1.96. The van der Waals surface area contributed by atoms with Crippen LogP contribution in [0.1, 0.15) is 0 Å². The Labute approximate surface area is 92.0 Å². The van der Waals surface area contributed by atoms with Crippen molar-refractivity contribution < 1.29 is 13.8 Å². The van der Waals surface area contributed by atoms with E-state index in [2.05, 4.69) is 0 Å². The highest BCUT2D eigenvalue weighted by Crippen LogP contribution is 2.32. The average molecular weight is 248 g/mol. The molecule has 0 heterocycles. The maximum Gasteiger partial charge on any atom is 0.269 e. The van der Waals surface area contributed by atoms with Crippen LogP contribution in [0.5, 0.6) is 5.75 Å². The minimum Gasteiger partial charge on any atom is -0.507 e. The van der Waals surface area contributed by atoms with Crippen molar-refractivity contribution >= 4 is 23.9 Å². The van der Waals surface area contributed by atoms with Crippen LogP contribution in [-0.2, 0) is 0 Å². The van der Waals surface area contributed by atoms with Gasteiger partial charge < -0.3 is 5.11 Å². The van der Waals surface area contributed by atoms with Gasteiger partial charge in [0.1, 0.15) is 19.3 Å². The molecule has 0 unspecified atom stereocenters. The third kappa shape index (κ3) is 3.64. The number of phenols is 1. The van der Waals surface area contributed by atoms with Crippen molar-refractivity contribution in [3.8, 4) is 5.75 Å². The van der Waals surface area contributed by atoms with E-state index in [1.807, 2.05) is 0 Å². The Morgan fingerprint density at radius 1 is 1.13 bits per heavy atom. The normalized spacial score (nSPS) is 9.87. The van der Waals surface area contributed by atoms with E-state index in [0.717, 1.165) is 0 Å². The molecular formula is C6H4N2O5S2. The van der Waals surface area contributed by atoms with Crippen LogP contribution in [0.15, 0.2) is 28.0 Å². The van der Waals surface area contributed by atoms with Crippen LogP contribution < -0.4 is 0 Å². The highest BCUT2D eigenvalue weighted by atomic mass is 32.2. The number of nitrogens with zero attached hydrogens (tertiary/aromatic N) is 2. The quantitative estimate of drug-likeness (QED) is 0.493. The summed E-state index contributed by atoms with van der Waals surface area (Å²) in [6, 6.07) is 3.68. The average Bonchev–Trinajstić information content (AvgIpc) is 2.09. The van der Waals surface area contributed by atoms with Crippen LogP contribution in [0.4, 0.5) is 0 Å². The number of hydrogen-bond donors (Lipinski definition) is 1. The number of aromatic hydroxyl groups is 1. The molecule has 1 rings (SSSR count). The second kappa shape index (κ2) is 4.84. The van der Waals surface area contributed by atoms with Crippen LogP contribution >= 0.6 is 23.9 Å². The molecule has 0 bridgehead atoms. The summed E-state index contributed by atoms with van der Waals surface area (Å²) < 4.78 is -1.33. The van der Waals surface area contributed by atoms with E-state index in [-0.39, 0.29) is 27.5 Å². The smallest absolute Gasteiger partial charge is 0.269 e. The van der Waals surface area contributed by atoms with Gasteiger partial charge in [-0.25, -0.2) is 0 Å². The van der Waals surface area contributed by atoms with Crippen LogP contribution in [0, 0.1) is 20.2 Å². The van der Waals surface area contributed by atoms with Gasteiger partial charge in [-0.15, -0.1) is 0 Å². The lowest BCUT2D eigenvalue weighted by Crippen LogP contribution is -1.87. The molecular weight excluding hydrogens is 244 g/mol. The molecule has 0 aliphatic heterocycles. The Bertz CT molecular complexity index is 411. The molecule has 0 radical (unpaired) electrons. The van der Waals surface area contributed by atoms with Gasteiger partial charge in [0.2, 0.25) is 0 Å².